The van der Waals surface area contributed by atoms with Crippen molar-refractivity contribution in [3.05, 3.63) is 60.1 Å². The molecule has 1 N–H and O–H groups in total. The second-order valence-corrected chi connectivity index (χ2v) is 5.66. The number of nitrogens with one attached hydrogen (secondary N) is 1. The molecule has 2 aromatic rings. The average molecular weight is 300 g/mol. The predicted octanol–water partition coefficient (Wildman–Crippen LogP) is 3.20. The molecule has 0 atom stereocenters. The van der Waals surface area contributed by atoms with Crippen LogP contribution in [0.4, 0.5) is 0 Å². The van der Waals surface area contributed by atoms with E-state index < -0.39 is 0 Å². The Morgan fingerprint density at radius 2 is 1.95 bits per heavy atom. The highest BCUT2D eigenvalue weighted by Crippen LogP contribution is 2.09. The molecule has 0 saturated heterocycles. The molecule has 0 spiro atoms. The highest BCUT2D eigenvalue weighted by atomic mass is 16.3. The molecule has 0 aliphatic carbocycles. The van der Waals surface area contributed by atoms with Gasteiger partial charge < -0.3 is 9.73 Å². The van der Waals surface area contributed by atoms with E-state index in [4.69, 9.17) is 4.42 Å². The maximum atomic E-state index is 11.9. The molecule has 0 aliphatic heterocycles. The van der Waals surface area contributed by atoms with Gasteiger partial charge in [-0.1, -0.05) is 30.3 Å². The van der Waals surface area contributed by atoms with Crippen LogP contribution in [0.25, 0.3) is 0 Å². The summed E-state index contributed by atoms with van der Waals surface area (Å²) in [6, 6.07) is 14.4. The molecule has 0 bridgehead atoms. The molecule has 0 aliphatic rings. The number of nitrogens with zero attached hydrogens (tertiary/aromatic N) is 1. The predicted molar refractivity (Wildman–Crippen MR) is 87.2 cm³/mol. The van der Waals surface area contributed by atoms with Gasteiger partial charge in [0.25, 0.3) is 0 Å². The highest BCUT2D eigenvalue weighted by Gasteiger charge is 2.12. The molecule has 0 fully saturated rings. The minimum absolute atomic E-state index is 0.0510. The number of benzene rings is 1. The summed E-state index contributed by atoms with van der Waals surface area (Å²) in [6.07, 6.45) is 2.10. The first-order chi connectivity index (χ1) is 10.6. The van der Waals surface area contributed by atoms with Gasteiger partial charge >= 0.3 is 0 Å². The maximum absolute atomic E-state index is 11.9. The van der Waals surface area contributed by atoms with Gasteiger partial charge in [-0.25, -0.2) is 0 Å². The Morgan fingerprint density at radius 3 is 2.59 bits per heavy atom. The molecule has 1 heterocycles. The summed E-state index contributed by atoms with van der Waals surface area (Å²) in [5, 5.41) is 2.88. The van der Waals surface area contributed by atoms with Gasteiger partial charge in [-0.05, 0) is 31.5 Å². The van der Waals surface area contributed by atoms with Gasteiger partial charge in [-0.2, -0.15) is 0 Å². The molecular weight excluding hydrogens is 276 g/mol. The first kappa shape index (κ1) is 16.3. The Balaban J connectivity index is 1.77. The molecule has 1 amide bonds. The van der Waals surface area contributed by atoms with E-state index >= 15 is 0 Å². The molecule has 0 radical (unpaired) electrons. The van der Waals surface area contributed by atoms with Crippen LogP contribution in [0, 0.1) is 0 Å². The lowest BCUT2D eigenvalue weighted by Gasteiger charge is -2.26. The van der Waals surface area contributed by atoms with E-state index in [2.05, 4.69) is 36.2 Å². The highest BCUT2D eigenvalue weighted by molar-refractivity contribution is 5.75. The molecule has 2 rings (SSSR count). The molecule has 22 heavy (non-hydrogen) atoms. The third-order valence-electron chi connectivity index (χ3n) is 3.62. The summed E-state index contributed by atoms with van der Waals surface area (Å²) >= 11 is 0. The van der Waals surface area contributed by atoms with E-state index in [1.165, 1.54) is 5.56 Å². The smallest absolute Gasteiger partial charge is 0.221 e. The number of hydrogen-bond donors (Lipinski definition) is 1. The number of hydrogen-bond acceptors (Lipinski definition) is 3. The van der Waals surface area contributed by atoms with Crippen molar-refractivity contribution < 1.29 is 9.21 Å². The fourth-order valence-corrected chi connectivity index (χ4v) is 2.27. The van der Waals surface area contributed by atoms with Gasteiger partial charge in [0.15, 0.2) is 0 Å². The molecule has 1 aromatic heterocycles. The molecule has 4 nitrogen and oxygen atoms in total. The number of furan rings is 1. The van der Waals surface area contributed by atoms with Crippen LogP contribution in [-0.4, -0.2) is 23.4 Å². The Morgan fingerprint density at radius 1 is 1.18 bits per heavy atom. The first-order valence-electron chi connectivity index (χ1n) is 7.72. The lowest BCUT2D eigenvalue weighted by Crippen LogP contribution is -2.34. The molecular formula is C18H24N2O2. The average Bonchev–Trinajstić information content (AvgIpc) is 3.03. The van der Waals surface area contributed by atoms with E-state index in [0.717, 1.165) is 18.8 Å². The van der Waals surface area contributed by atoms with Crippen LogP contribution in [-0.2, 0) is 17.9 Å². The summed E-state index contributed by atoms with van der Waals surface area (Å²) < 4.78 is 5.20. The fourth-order valence-electron chi connectivity index (χ4n) is 2.27. The van der Waals surface area contributed by atoms with E-state index in [1.807, 2.05) is 30.3 Å². The van der Waals surface area contributed by atoms with Gasteiger partial charge in [0.1, 0.15) is 5.76 Å². The zero-order valence-electron chi connectivity index (χ0n) is 13.3. The van der Waals surface area contributed by atoms with E-state index in [1.54, 1.807) is 6.26 Å². The van der Waals surface area contributed by atoms with Crippen molar-refractivity contribution in [2.24, 2.45) is 0 Å². The lowest BCUT2D eigenvalue weighted by molar-refractivity contribution is -0.121. The van der Waals surface area contributed by atoms with Crippen molar-refractivity contribution in [2.75, 3.05) is 6.54 Å². The molecule has 0 saturated carbocycles. The minimum Gasteiger partial charge on any atom is -0.467 e. The largest absolute Gasteiger partial charge is 0.467 e. The van der Waals surface area contributed by atoms with Crippen molar-refractivity contribution >= 4 is 5.91 Å². The van der Waals surface area contributed by atoms with E-state index in [0.29, 0.717) is 19.0 Å². The fraction of sp³-hybridized carbons (Fsp3) is 0.389. The van der Waals surface area contributed by atoms with E-state index in [9.17, 15) is 4.79 Å². The summed E-state index contributed by atoms with van der Waals surface area (Å²) in [4.78, 5) is 14.2. The zero-order chi connectivity index (χ0) is 15.8. The summed E-state index contributed by atoms with van der Waals surface area (Å²) in [6.45, 7) is 6.38. The monoisotopic (exact) mass is 300 g/mol. The van der Waals surface area contributed by atoms with Gasteiger partial charge in [0.2, 0.25) is 5.91 Å². The van der Waals surface area contributed by atoms with Crippen LogP contribution in [0.2, 0.25) is 0 Å². The SMILES string of the molecule is CC(C)N(CCC(=O)NCc1ccco1)Cc1ccccc1. The van der Waals surface area contributed by atoms with Crippen LogP contribution in [0.3, 0.4) is 0 Å². The Labute approximate surface area is 132 Å². The molecule has 1 aromatic carbocycles. The third kappa shape index (κ3) is 5.37. The summed E-state index contributed by atoms with van der Waals surface area (Å²) in [5.74, 6) is 0.827. The number of amides is 1. The van der Waals surface area contributed by atoms with Gasteiger partial charge in [-0.3, -0.25) is 9.69 Å². The summed E-state index contributed by atoms with van der Waals surface area (Å²) in [5.41, 5.74) is 1.27. The standard InChI is InChI=1S/C18H24N2O2/c1-15(2)20(14-16-7-4-3-5-8-16)11-10-18(21)19-13-17-9-6-12-22-17/h3-9,12,15H,10-11,13-14H2,1-2H3,(H,19,21). The van der Waals surface area contributed by atoms with Gasteiger partial charge in [0.05, 0.1) is 12.8 Å². The second-order valence-electron chi connectivity index (χ2n) is 5.66. The quantitative estimate of drug-likeness (QED) is 0.814. The number of carbonyl (C=O) groups excluding carboxylic acids is 1. The van der Waals surface area contributed by atoms with Crippen molar-refractivity contribution in [1.29, 1.82) is 0 Å². The van der Waals surface area contributed by atoms with Crippen LogP contribution in [0.15, 0.2) is 53.1 Å². The topological polar surface area (TPSA) is 45.5 Å². The zero-order valence-corrected chi connectivity index (χ0v) is 13.3. The second kappa shape index (κ2) is 8.39. The van der Waals surface area contributed by atoms with Crippen molar-refractivity contribution in [3.8, 4) is 0 Å². The Kier molecular flexibility index (Phi) is 6.22. The van der Waals surface area contributed by atoms with Crippen LogP contribution in [0.5, 0.6) is 0 Å². The van der Waals surface area contributed by atoms with Crippen LogP contribution < -0.4 is 5.32 Å². The summed E-state index contributed by atoms with van der Waals surface area (Å²) in [7, 11) is 0. The normalized spacial score (nSPS) is 11.1. The Bertz CT molecular complexity index is 550. The molecule has 4 heteroatoms. The minimum atomic E-state index is 0.0510. The maximum Gasteiger partial charge on any atom is 0.221 e. The Hall–Kier alpha value is -2.07. The molecule has 0 unspecified atom stereocenters. The van der Waals surface area contributed by atoms with Crippen LogP contribution >= 0.6 is 0 Å². The van der Waals surface area contributed by atoms with Crippen molar-refractivity contribution in [3.63, 3.8) is 0 Å². The van der Waals surface area contributed by atoms with Crippen molar-refractivity contribution in [1.82, 2.24) is 10.2 Å². The number of carbonyl (C=O) groups is 1. The third-order valence-corrected chi connectivity index (χ3v) is 3.62. The first-order valence-corrected chi connectivity index (χ1v) is 7.72. The van der Waals surface area contributed by atoms with Gasteiger partial charge in [-0.15, -0.1) is 0 Å². The van der Waals surface area contributed by atoms with Crippen molar-refractivity contribution in [2.45, 2.75) is 39.4 Å². The lowest BCUT2D eigenvalue weighted by atomic mass is 10.2. The number of rotatable bonds is 8. The van der Waals surface area contributed by atoms with Gasteiger partial charge in [0, 0.05) is 25.6 Å². The van der Waals surface area contributed by atoms with E-state index in [-0.39, 0.29) is 5.91 Å². The van der Waals surface area contributed by atoms with Crippen LogP contribution in [0.1, 0.15) is 31.6 Å². The molecule has 118 valence electrons.